The van der Waals surface area contributed by atoms with Crippen molar-refractivity contribution in [2.24, 2.45) is 5.16 Å². The van der Waals surface area contributed by atoms with Gasteiger partial charge in [-0.2, -0.15) is 0 Å². The van der Waals surface area contributed by atoms with Crippen LogP contribution in [0.5, 0.6) is 11.5 Å². The maximum absolute atomic E-state index is 13.7. The maximum Gasteiger partial charge on any atom is 0.251 e. The molecule has 1 aliphatic rings. The lowest BCUT2D eigenvalue weighted by molar-refractivity contribution is 0.0753. The van der Waals surface area contributed by atoms with Crippen LogP contribution in [0.2, 0.25) is 0 Å². The molecule has 0 saturated heterocycles. The number of amides is 1. The number of halogens is 1. The van der Waals surface area contributed by atoms with Crippen molar-refractivity contribution in [3.63, 3.8) is 0 Å². The maximum atomic E-state index is 13.7. The summed E-state index contributed by atoms with van der Waals surface area (Å²) in [6.07, 6.45) is 1.08. The highest BCUT2D eigenvalue weighted by Crippen LogP contribution is 2.19. The summed E-state index contributed by atoms with van der Waals surface area (Å²) in [4.78, 5) is 17.5. The van der Waals surface area contributed by atoms with Gasteiger partial charge in [-0.05, 0) is 35.9 Å². The number of hydrogen-bond donors (Lipinski definition) is 1. The van der Waals surface area contributed by atoms with Gasteiger partial charge >= 0.3 is 0 Å². The summed E-state index contributed by atoms with van der Waals surface area (Å²) in [5.74, 6) is -0.0442. The second-order valence-corrected chi connectivity index (χ2v) is 6.17. The highest BCUT2D eigenvalue weighted by Gasteiger charge is 2.22. The van der Waals surface area contributed by atoms with E-state index < -0.39 is 5.82 Å². The Kier molecular flexibility index (Phi) is 5.90. The van der Waals surface area contributed by atoms with Gasteiger partial charge in [0.1, 0.15) is 11.9 Å². The van der Waals surface area contributed by atoms with Crippen molar-refractivity contribution in [2.75, 3.05) is 20.8 Å². The molecule has 27 heavy (non-hydrogen) atoms. The van der Waals surface area contributed by atoms with E-state index >= 15 is 0 Å². The van der Waals surface area contributed by atoms with E-state index in [4.69, 9.17) is 14.3 Å². The number of nitrogens with one attached hydrogen (secondary N) is 1. The van der Waals surface area contributed by atoms with Gasteiger partial charge in [0.25, 0.3) is 5.91 Å². The Morgan fingerprint density at radius 2 is 2.00 bits per heavy atom. The van der Waals surface area contributed by atoms with Gasteiger partial charge in [-0.3, -0.25) is 4.79 Å². The number of ether oxygens (including phenoxy) is 2. The Morgan fingerprint density at radius 1 is 1.22 bits per heavy atom. The van der Waals surface area contributed by atoms with Gasteiger partial charge < -0.3 is 19.6 Å². The van der Waals surface area contributed by atoms with Crippen LogP contribution in [0.1, 0.15) is 22.3 Å². The van der Waals surface area contributed by atoms with E-state index in [2.05, 4.69) is 10.5 Å². The molecule has 1 amide bonds. The number of rotatable bonds is 7. The van der Waals surface area contributed by atoms with Gasteiger partial charge in [0.05, 0.1) is 26.5 Å². The molecular weight excluding hydrogens is 351 g/mol. The van der Waals surface area contributed by atoms with Gasteiger partial charge in [-0.1, -0.05) is 17.3 Å². The highest BCUT2D eigenvalue weighted by molar-refractivity contribution is 5.94. The van der Waals surface area contributed by atoms with Gasteiger partial charge in [-0.25, -0.2) is 4.39 Å². The minimum atomic E-state index is -0.577. The van der Waals surface area contributed by atoms with Crippen LogP contribution in [0.3, 0.4) is 0 Å². The summed E-state index contributed by atoms with van der Waals surface area (Å²) in [6.45, 7) is 0.294. The van der Waals surface area contributed by atoms with Crippen LogP contribution in [-0.4, -0.2) is 38.5 Å². The van der Waals surface area contributed by atoms with Gasteiger partial charge in [0.15, 0.2) is 11.6 Å². The first-order chi connectivity index (χ1) is 13.1. The van der Waals surface area contributed by atoms with E-state index in [0.29, 0.717) is 19.4 Å². The minimum absolute atomic E-state index is 0.0993. The average Bonchev–Trinajstić information content (AvgIpc) is 3.14. The molecule has 6 nitrogen and oxygen atoms in total. The van der Waals surface area contributed by atoms with E-state index in [1.165, 1.54) is 19.2 Å². The zero-order valence-corrected chi connectivity index (χ0v) is 15.2. The molecule has 0 aromatic heterocycles. The van der Waals surface area contributed by atoms with E-state index in [0.717, 1.165) is 23.1 Å². The molecule has 0 aliphatic carbocycles. The van der Waals surface area contributed by atoms with Crippen LogP contribution in [0.4, 0.5) is 4.39 Å². The van der Waals surface area contributed by atoms with Crippen LogP contribution in [-0.2, 0) is 11.3 Å². The highest BCUT2D eigenvalue weighted by atomic mass is 19.1. The first kappa shape index (κ1) is 18.7. The summed E-state index contributed by atoms with van der Waals surface area (Å²) >= 11 is 0. The Morgan fingerprint density at radius 3 is 2.67 bits per heavy atom. The number of carbonyl (C=O) groups is 1. The molecule has 0 spiro atoms. The quantitative estimate of drug-likeness (QED) is 0.811. The van der Waals surface area contributed by atoms with Crippen LogP contribution in [0.25, 0.3) is 0 Å². The summed E-state index contributed by atoms with van der Waals surface area (Å²) in [6, 6.07) is 11.8. The Bertz CT molecular complexity index is 836. The third-order valence-electron chi connectivity index (χ3n) is 4.27. The Labute approximate surface area is 156 Å². The van der Waals surface area contributed by atoms with Crippen LogP contribution in [0.15, 0.2) is 47.6 Å². The molecule has 0 radical (unpaired) electrons. The Hall–Kier alpha value is -3.09. The molecule has 0 fully saturated rings. The molecule has 1 atom stereocenters. The van der Waals surface area contributed by atoms with Crippen molar-refractivity contribution in [3.8, 4) is 11.5 Å². The first-order valence-corrected chi connectivity index (χ1v) is 8.55. The molecule has 1 unspecified atom stereocenters. The van der Waals surface area contributed by atoms with Crippen molar-refractivity contribution in [1.82, 2.24) is 5.32 Å². The lowest BCUT2D eigenvalue weighted by atomic mass is 10.0. The number of methoxy groups -OCH3 is 2. The normalized spacial score (nSPS) is 15.7. The lowest BCUT2D eigenvalue weighted by Crippen LogP contribution is -2.32. The summed E-state index contributed by atoms with van der Waals surface area (Å²) in [5, 5.41) is 6.84. The van der Waals surface area contributed by atoms with E-state index in [1.807, 2.05) is 24.3 Å². The van der Waals surface area contributed by atoms with E-state index in [-0.39, 0.29) is 23.3 Å². The third kappa shape index (κ3) is 4.75. The van der Waals surface area contributed by atoms with Gasteiger partial charge in [-0.15, -0.1) is 0 Å². The predicted octanol–water partition coefficient (Wildman–Crippen LogP) is 2.96. The lowest BCUT2D eigenvalue weighted by Gasteiger charge is -2.10. The molecule has 7 heteroatoms. The summed E-state index contributed by atoms with van der Waals surface area (Å²) in [7, 11) is 3.00. The fourth-order valence-electron chi connectivity index (χ4n) is 2.80. The molecule has 2 aromatic rings. The summed E-state index contributed by atoms with van der Waals surface area (Å²) in [5.41, 5.74) is 2.25. The number of nitrogens with zero attached hydrogens (tertiary/aromatic N) is 1. The van der Waals surface area contributed by atoms with Crippen molar-refractivity contribution >= 4 is 11.6 Å². The molecule has 3 rings (SSSR count). The summed E-state index contributed by atoms with van der Waals surface area (Å²) < 4.78 is 23.7. The third-order valence-corrected chi connectivity index (χ3v) is 4.27. The average molecular weight is 372 g/mol. The van der Waals surface area contributed by atoms with Crippen LogP contribution in [0, 0.1) is 5.82 Å². The van der Waals surface area contributed by atoms with Crippen molar-refractivity contribution in [1.29, 1.82) is 0 Å². The topological polar surface area (TPSA) is 69.2 Å². The van der Waals surface area contributed by atoms with E-state index in [9.17, 15) is 9.18 Å². The second kappa shape index (κ2) is 8.53. The number of hydrogen-bond acceptors (Lipinski definition) is 5. The predicted molar refractivity (Wildman–Crippen MR) is 98.9 cm³/mol. The molecule has 0 bridgehead atoms. The molecule has 0 saturated carbocycles. The SMILES string of the molecule is COc1ccc(CC2=NOC(CNC(=O)c3ccc(OC)c(F)c3)C2)cc1. The van der Waals surface area contributed by atoms with Crippen LogP contribution >= 0.6 is 0 Å². The van der Waals surface area contributed by atoms with Crippen molar-refractivity contribution in [2.45, 2.75) is 18.9 Å². The fraction of sp³-hybridized carbons (Fsp3) is 0.300. The van der Waals surface area contributed by atoms with Crippen molar-refractivity contribution < 1.29 is 23.5 Å². The number of carbonyl (C=O) groups excluding carboxylic acids is 1. The zero-order chi connectivity index (χ0) is 19.2. The molecule has 142 valence electrons. The standard InChI is InChI=1S/C20H21FN2O4/c1-25-16-6-3-13(4-7-16)9-15-11-17(27-23-15)12-22-20(24)14-5-8-19(26-2)18(21)10-14/h3-8,10,17H,9,11-12H2,1-2H3,(H,22,24). The monoisotopic (exact) mass is 372 g/mol. The van der Waals surface area contributed by atoms with E-state index in [1.54, 1.807) is 7.11 Å². The number of benzene rings is 2. The van der Waals surface area contributed by atoms with Crippen molar-refractivity contribution in [3.05, 3.63) is 59.4 Å². The number of oxime groups is 1. The molecular formula is C20H21FN2O4. The molecule has 1 N–H and O–H groups in total. The largest absolute Gasteiger partial charge is 0.497 e. The smallest absolute Gasteiger partial charge is 0.251 e. The fourth-order valence-corrected chi connectivity index (χ4v) is 2.80. The van der Waals surface area contributed by atoms with Gasteiger partial charge in [0.2, 0.25) is 0 Å². The van der Waals surface area contributed by atoms with Crippen LogP contribution < -0.4 is 14.8 Å². The Balaban J connectivity index is 1.47. The molecule has 1 heterocycles. The second-order valence-electron chi connectivity index (χ2n) is 6.17. The van der Waals surface area contributed by atoms with Gasteiger partial charge in [0, 0.05) is 18.4 Å². The molecule has 2 aromatic carbocycles. The minimum Gasteiger partial charge on any atom is -0.497 e. The zero-order valence-electron chi connectivity index (χ0n) is 15.2. The molecule has 1 aliphatic heterocycles. The first-order valence-electron chi connectivity index (χ1n) is 8.55.